The van der Waals surface area contributed by atoms with Gasteiger partial charge in [-0.15, -0.1) is 0 Å². The Kier molecular flexibility index (Phi) is 22.2. The first kappa shape index (κ1) is 79.0. The van der Waals surface area contributed by atoms with Gasteiger partial charge in [0.2, 0.25) is 0 Å². The summed E-state index contributed by atoms with van der Waals surface area (Å²) >= 11 is 0. The Morgan fingerprint density at radius 3 is 0.833 bits per heavy atom. The van der Waals surface area contributed by atoms with Crippen molar-refractivity contribution in [3.63, 3.8) is 0 Å². The van der Waals surface area contributed by atoms with Crippen LogP contribution in [0.1, 0.15) is 228 Å². The van der Waals surface area contributed by atoms with Crippen molar-refractivity contribution < 1.29 is 66.6 Å². The summed E-state index contributed by atoms with van der Waals surface area (Å²) in [7, 11) is 1.57. The number of carbonyl (C=O) groups excluding carboxylic acids is 5. The van der Waals surface area contributed by atoms with E-state index in [1.807, 2.05) is 48.5 Å². The highest BCUT2D eigenvalue weighted by atomic mass is 16.7. The number of hydrogen-bond acceptors (Lipinski definition) is 14. The quantitative estimate of drug-likeness (QED) is 0.0443. The van der Waals surface area contributed by atoms with E-state index in [-0.39, 0.29) is 78.6 Å². The maximum atomic E-state index is 12.7. The molecule has 47 atom stereocenters. The van der Waals surface area contributed by atoms with Crippen molar-refractivity contribution in [1.29, 1.82) is 0 Å². The van der Waals surface area contributed by atoms with E-state index in [1.54, 1.807) is 7.11 Å². The van der Waals surface area contributed by atoms with Crippen molar-refractivity contribution in [2.24, 2.45) is 272 Å². The van der Waals surface area contributed by atoms with Gasteiger partial charge in [0, 0.05) is 20.3 Å². The molecule has 0 aromatic heterocycles. The van der Waals surface area contributed by atoms with Crippen LogP contribution in [0.25, 0.3) is 0 Å². The number of methoxy groups -OCH3 is 1. The first-order valence-electron chi connectivity index (χ1n) is 45.7. The van der Waals surface area contributed by atoms with E-state index < -0.39 is 12.6 Å². The summed E-state index contributed by atoms with van der Waals surface area (Å²) in [6.07, 6.45) is 18.3. The molecular weight excluding hydrogens is 1350 g/mol. The highest BCUT2D eigenvalue weighted by Crippen LogP contribution is 2.77. The number of esters is 5. The van der Waals surface area contributed by atoms with Gasteiger partial charge in [0.05, 0.1) is 36.2 Å². The van der Waals surface area contributed by atoms with Crippen molar-refractivity contribution in [3.05, 3.63) is 0 Å². The minimum Gasteiger partial charge on any atom is -0.460 e. The summed E-state index contributed by atoms with van der Waals surface area (Å²) in [5, 5.41) is 0. The third-order valence-corrected chi connectivity index (χ3v) is 38.6. The fraction of sp³-hybridized carbons (Fsp3) is 0.947. The molecule has 14 heteroatoms. The van der Waals surface area contributed by atoms with Gasteiger partial charge in [0.25, 0.3) is 0 Å². The Hall–Kier alpha value is -2.81. The van der Waals surface area contributed by atoms with Gasteiger partial charge in [-0.2, -0.15) is 0 Å². The summed E-state index contributed by atoms with van der Waals surface area (Å²) in [5.74, 6) is 35.2. The van der Waals surface area contributed by atoms with Gasteiger partial charge in [-0.1, -0.05) is 83.1 Å². The zero-order chi connectivity index (χ0) is 76.6. The summed E-state index contributed by atoms with van der Waals surface area (Å²) in [6, 6.07) is 0. The van der Waals surface area contributed by atoms with Crippen LogP contribution in [0.15, 0.2) is 0 Å². The average molecular weight is 1500 g/mol. The van der Waals surface area contributed by atoms with Crippen LogP contribution in [-0.4, -0.2) is 88.5 Å². The summed E-state index contributed by atoms with van der Waals surface area (Å²) in [5.41, 5.74) is -0.338. The van der Waals surface area contributed by atoms with E-state index in [0.29, 0.717) is 55.3 Å². The Morgan fingerprint density at radius 2 is 0.574 bits per heavy atom. The van der Waals surface area contributed by atoms with Crippen LogP contribution in [0.3, 0.4) is 0 Å². The number of ether oxygens (including phenoxy) is 9. The molecular formula is C94H148O14. The topological polar surface area (TPSA) is 168 Å². The van der Waals surface area contributed by atoms with Gasteiger partial charge in [0.1, 0.15) is 5.60 Å². The van der Waals surface area contributed by atoms with Crippen LogP contribution in [0.2, 0.25) is 0 Å². The van der Waals surface area contributed by atoms with Crippen molar-refractivity contribution in [2.75, 3.05) is 40.5 Å². The van der Waals surface area contributed by atoms with Gasteiger partial charge in [-0.05, 0) is 387 Å². The lowest BCUT2D eigenvalue weighted by atomic mass is 9.62. The van der Waals surface area contributed by atoms with E-state index >= 15 is 0 Å². The minimum absolute atomic E-state index is 0.00118. The number of rotatable bonds is 17. The normalized spacial score (nSPS) is 52.9. The van der Waals surface area contributed by atoms with E-state index in [4.69, 9.17) is 42.6 Å². The Bertz CT molecular complexity index is 3250. The standard InChI is InChI=1S/C21H34O3.C19H30O3.C19H30O2.C18H28O3.C17H26O3/c1-10(2)9-23-13(5)24-21(22)18-7-14-6-17(18)20-16-8-15(19(14)20)11(3)12(16)4;1-5-21-11(4)22-19(20)16-7-12-6-15(16)18-14-8-13(17(12)18)9(2)10(14)3;1-9-10(2)13-8-12(9)16-11-6-14(17(13)16)15(7-11)18(20)21-19(3,4)5;1-4-20-8-21-18(19)15-6-11-5-14(15)17-13-7-12(16(11)17)9(2)10(13)3;1-8-9(2)12-6-11(8)15-10-4-13(16(12)15)14(5-10)17(18)20-7-19-3/h10-20H,6-9H2,1-5H3;9-18H,5-8H2,1-4H3;9-17H,6-8H2,1-5H3;9-17H,4-8H2,1-3H3;8-16H,4-7H2,1-3H3. The summed E-state index contributed by atoms with van der Waals surface area (Å²) < 4.78 is 48.5. The molecule has 0 radical (unpaired) electrons. The van der Waals surface area contributed by atoms with Gasteiger partial charge >= 0.3 is 29.8 Å². The lowest BCUT2D eigenvalue weighted by molar-refractivity contribution is -0.185. The molecule has 108 heavy (non-hydrogen) atoms. The first-order chi connectivity index (χ1) is 51.4. The predicted octanol–water partition coefficient (Wildman–Crippen LogP) is 18.5. The molecule has 0 spiro atoms. The van der Waals surface area contributed by atoms with Crippen molar-refractivity contribution in [3.8, 4) is 0 Å². The van der Waals surface area contributed by atoms with Crippen molar-refractivity contribution in [2.45, 2.75) is 246 Å². The first-order valence-corrected chi connectivity index (χ1v) is 45.7. The van der Waals surface area contributed by atoms with Gasteiger partial charge < -0.3 is 42.6 Å². The molecule has 20 saturated carbocycles. The fourth-order valence-corrected chi connectivity index (χ4v) is 34.5. The predicted molar refractivity (Wildman–Crippen MR) is 413 cm³/mol. The van der Waals surface area contributed by atoms with Gasteiger partial charge in [0.15, 0.2) is 26.2 Å². The lowest BCUT2D eigenvalue weighted by Gasteiger charge is -2.43. The third-order valence-electron chi connectivity index (χ3n) is 38.6. The molecule has 14 nitrogen and oxygen atoms in total. The largest absolute Gasteiger partial charge is 0.460 e. The van der Waals surface area contributed by atoms with E-state index in [1.165, 1.54) is 64.2 Å². The zero-order valence-corrected chi connectivity index (χ0v) is 70.6. The summed E-state index contributed by atoms with van der Waals surface area (Å²) in [4.78, 5) is 62.4. The molecule has 0 heterocycles. The van der Waals surface area contributed by atoms with Crippen LogP contribution < -0.4 is 0 Å². The van der Waals surface area contributed by atoms with Crippen LogP contribution in [-0.2, 0) is 66.6 Å². The number of hydrogen-bond donors (Lipinski definition) is 0. The molecule has 0 N–H and O–H groups in total. The number of carbonyl (C=O) groups is 5. The molecule has 0 amide bonds. The van der Waals surface area contributed by atoms with Gasteiger partial charge in [-0.25, -0.2) is 0 Å². The fourth-order valence-electron chi connectivity index (χ4n) is 34.5. The van der Waals surface area contributed by atoms with Crippen LogP contribution >= 0.6 is 0 Å². The molecule has 20 fully saturated rings. The maximum Gasteiger partial charge on any atom is 0.311 e. The lowest BCUT2D eigenvalue weighted by Crippen LogP contribution is -2.42. The Balaban J connectivity index is 0.000000103. The molecule has 20 aliphatic carbocycles. The SMILES string of the molecule is CC(C)COC(C)OC(=O)C1CC2CC1C1C3CC(C(C)C3C)C21.CC1C(C)C2CC1C1C3CC(C(=O)OC(C)(C)C)C(C3)C21.CCOC(C)OC(=O)C1CC2CC1C1C3CC(C(C)C3C)C21.CCOCOC(=O)C1CC2CC1C1C3CC(C(C)C3C)C21.COCOC(=O)C1CC2CC1C1C3CC(C(C)C3C)C21. The smallest absolute Gasteiger partial charge is 0.311 e. The number of fused-ring (bicyclic) bond motifs is 45. The second-order valence-electron chi connectivity index (χ2n) is 43.4. The van der Waals surface area contributed by atoms with Crippen molar-refractivity contribution in [1.82, 2.24) is 0 Å². The third kappa shape index (κ3) is 13.1. The monoisotopic (exact) mass is 1500 g/mol. The Labute approximate surface area is 651 Å². The maximum absolute atomic E-state index is 12.7. The highest BCUT2D eigenvalue weighted by Gasteiger charge is 2.72. The molecule has 608 valence electrons. The summed E-state index contributed by atoms with van der Waals surface area (Å²) in [6.45, 7) is 44.4. The van der Waals surface area contributed by atoms with E-state index in [0.717, 1.165) is 239 Å². The second-order valence-corrected chi connectivity index (χ2v) is 43.4. The molecule has 0 aromatic rings. The van der Waals surface area contributed by atoms with Crippen LogP contribution in [0.4, 0.5) is 0 Å². The molecule has 20 bridgehead atoms. The minimum atomic E-state index is -0.409. The second kappa shape index (κ2) is 30.4. The molecule has 0 aliphatic heterocycles. The van der Waals surface area contributed by atoms with Crippen LogP contribution in [0.5, 0.6) is 0 Å². The molecule has 0 saturated heterocycles. The average Bonchev–Trinajstić information content (AvgIpc) is 1.57. The molecule has 20 aliphatic rings. The van der Waals surface area contributed by atoms with Gasteiger partial charge in [-0.3, -0.25) is 24.0 Å². The van der Waals surface area contributed by atoms with E-state index in [9.17, 15) is 24.0 Å². The van der Waals surface area contributed by atoms with Crippen LogP contribution in [0, 0.1) is 272 Å². The molecule has 20 rings (SSSR count). The molecule has 0 aromatic carbocycles. The zero-order valence-electron chi connectivity index (χ0n) is 70.6. The Morgan fingerprint density at radius 1 is 0.315 bits per heavy atom. The van der Waals surface area contributed by atoms with Crippen molar-refractivity contribution >= 4 is 29.8 Å². The molecule has 47 unspecified atom stereocenters. The van der Waals surface area contributed by atoms with E-state index in [2.05, 4.69) is 83.1 Å². The highest BCUT2D eigenvalue weighted by molar-refractivity contribution is 5.76.